The minimum Gasteiger partial charge on any atom is -0.508 e. The largest absolute Gasteiger partial charge is 0.508 e. The Morgan fingerprint density at radius 1 is 1.00 bits per heavy atom. The van der Waals surface area contributed by atoms with Crippen molar-refractivity contribution >= 4 is 23.0 Å². The van der Waals surface area contributed by atoms with E-state index in [9.17, 15) is 15.0 Å². The van der Waals surface area contributed by atoms with Gasteiger partial charge in [0.1, 0.15) is 5.75 Å². The van der Waals surface area contributed by atoms with E-state index < -0.39 is 12.0 Å². The van der Waals surface area contributed by atoms with E-state index in [4.69, 9.17) is 0 Å². The molecule has 0 aliphatic carbocycles. The summed E-state index contributed by atoms with van der Waals surface area (Å²) in [6.45, 7) is 0. The third-order valence-electron chi connectivity index (χ3n) is 3.87. The van der Waals surface area contributed by atoms with Gasteiger partial charge in [0, 0.05) is 18.2 Å². The average Bonchev–Trinajstić information content (AvgIpc) is 2.60. The van der Waals surface area contributed by atoms with Crippen molar-refractivity contribution in [3.05, 3.63) is 77.9 Å². The van der Waals surface area contributed by atoms with Crippen LogP contribution in [0.25, 0.3) is 10.8 Å². The van der Waals surface area contributed by atoms with Gasteiger partial charge in [0.15, 0.2) is 6.04 Å². The molecule has 0 bridgehead atoms. The van der Waals surface area contributed by atoms with Gasteiger partial charge in [-0.25, -0.2) is 4.79 Å². The summed E-state index contributed by atoms with van der Waals surface area (Å²) in [4.78, 5) is 15.8. The molecule has 3 rings (SSSR count). The van der Waals surface area contributed by atoms with Crippen molar-refractivity contribution in [3.8, 4) is 5.75 Å². The fourth-order valence-corrected chi connectivity index (χ4v) is 2.59. The van der Waals surface area contributed by atoms with Gasteiger partial charge in [-0.3, -0.25) is 4.99 Å². The highest BCUT2D eigenvalue weighted by molar-refractivity contribution is 6.00. The summed E-state index contributed by atoms with van der Waals surface area (Å²) in [6.07, 6.45) is 1.90. The molecule has 0 saturated carbocycles. The summed E-state index contributed by atoms with van der Waals surface area (Å²) >= 11 is 0. The number of carboxylic acid groups (broad SMARTS) is 1. The quantitative estimate of drug-likeness (QED) is 0.705. The van der Waals surface area contributed by atoms with Gasteiger partial charge in [-0.15, -0.1) is 0 Å². The van der Waals surface area contributed by atoms with Crippen LogP contribution in [0.1, 0.15) is 11.1 Å². The molecule has 0 aliphatic rings. The van der Waals surface area contributed by atoms with Gasteiger partial charge in [0.25, 0.3) is 0 Å². The minimum absolute atomic E-state index is 0.157. The molecule has 0 fully saturated rings. The first-order valence-corrected chi connectivity index (χ1v) is 7.65. The van der Waals surface area contributed by atoms with E-state index in [0.717, 1.165) is 21.9 Å². The number of aromatic hydroxyl groups is 1. The Labute approximate surface area is 139 Å². The molecular formula is C20H17NO3. The molecule has 0 aromatic heterocycles. The van der Waals surface area contributed by atoms with E-state index in [1.165, 1.54) is 0 Å². The maximum Gasteiger partial charge on any atom is 0.328 e. The first kappa shape index (κ1) is 15.7. The maximum atomic E-state index is 11.5. The Kier molecular flexibility index (Phi) is 4.57. The molecule has 4 heteroatoms. The van der Waals surface area contributed by atoms with Crippen LogP contribution in [0.3, 0.4) is 0 Å². The molecule has 0 unspecified atom stereocenters. The van der Waals surface area contributed by atoms with Crippen LogP contribution in [0.15, 0.2) is 71.7 Å². The van der Waals surface area contributed by atoms with Gasteiger partial charge in [-0.1, -0.05) is 54.6 Å². The predicted octanol–water partition coefficient (Wildman–Crippen LogP) is 3.66. The van der Waals surface area contributed by atoms with Crippen LogP contribution in [-0.2, 0) is 11.2 Å². The van der Waals surface area contributed by atoms with Crippen LogP contribution in [-0.4, -0.2) is 28.4 Å². The number of phenols is 1. The highest BCUT2D eigenvalue weighted by Gasteiger charge is 2.16. The topological polar surface area (TPSA) is 69.9 Å². The van der Waals surface area contributed by atoms with Crippen molar-refractivity contribution in [2.45, 2.75) is 12.5 Å². The van der Waals surface area contributed by atoms with Crippen LogP contribution in [0.5, 0.6) is 5.75 Å². The lowest BCUT2D eigenvalue weighted by Gasteiger charge is -2.08. The smallest absolute Gasteiger partial charge is 0.328 e. The summed E-state index contributed by atoms with van der Waals surface area (Å²) in [5, 5.41) is 20.9. The average molecular weight is 319 g/mol. The molecule has 24 heavy (non-hydrogen) atoms. The van der Waals surface area contributed by atoms with E-state index in [1.54, 1.807) is 30.5 Å². The highest BCUT2D eigenvalue weighted by Crippen LogP contribution is 2.18. The zero-order valence-corrected chi connectivity index (χ0v) is 13.0. The van der Waals surface area contributed by atoms with E-state index >= 15 is 0 Å². The Hall–Kier alpha value is -3.14. The lowest BCUT2D eigenvalue weighted by atomic mass is 10.0. The number of aliphatic imine (C=N–C) groups is 1. The molecular weight excluding hydrogens is 302 g/mol. The molecule has 2 N–H and O–H groups in total. The number of nitrogens with zero attached hydrogens (tertiary/aromatic N) is 1. The Morgan fingerprint density at radius 2 is 1.71 bits per heavy atom. The zero-order valence-electron chi connectivity index (χ0n) is 13.0. The fourth-order valence-electron chi connectivity index (χ4n) is 2.59. The number of phenolic OH excluding ortho intramolecular Hbond substituents is 1. The lowest BCUT2D eigenvalue weighted by Crippen LogP contribution is -2.20. The highest BCUT2D eigenvalue weighted by atomic mass is 16.4. The molecule has 0 amide bonds. The third kappa shape index (κ3) is 3.60. The number of fused-ring (bicyclic) bond motifs is 1. The van der Waals surface area contributed by atoms with Gasteiger partial charge in [-0.05, 0) is 28.5 Å². The van der Waals surface area contributed by atoms with E-state index in [2.05, 4.69) is 4.99 Å². The Balaban J connectivity index is 1.85. The van der Waals surface area contributed by atoms with Gasteiger partial charge in [0.05, 0.1) is 0 Å². The van der Waals surface area contributed by atoms with Gasteiger partial charge < -0.3 is 10.2 Å². The molecule has 4 nitrogen and oxygen atoms in total. The number of hydrogen-bond acceptors (Lipinski definition) is 3. The van der Waals surface area contributed by atoms with Gasteiger partial charge in [-0.2, -0.15) is 0 Å². The van der Waals surface area contributed by atoms with Gasteiger partial charge in [0.2, 0.25) is 0 Å². The third-order valence-corrected chi connectivity index (χ3v) is 3.87. The number of rotatable bonds is 5. The van der Waals surface area contributed by atoms with Crippen molar-refractivity contribution in [2.24, 2.45) is 4.99 Å². The van der Waals surface area contributed by atoms with Crippen LogP contribution in [0.4, 0.5) is 0 Å². The van der Waals surface area contributed by atoms with Crippen LogP contribution >= 0.6 is 0 Å². The normalized spacial score (nSPS) is 12.5. The van der Waals surface area contributed by atoms with Gasteiger partial charge >= 0.3 is 5.97 Å². The van der Waals surface area contributed by atoms with Crippen molar-refractivity contribution < 1.29 is 15.0 Å². The monoisotopic (exact) mass is 319 g/mol. The number of carboxylic acids is 1. The number of hydrogen-bond donors (Lipinski definition) is 2. The SMILES string of the molecule is O=C(O)[C@@H](Cc1ccc(O)cc1)N=Cc1cccc2ccccc12. The molecule has 0 radical (unpaired) electrons. The molecule has 0 aliphatic heterocycles. The van der Waals surface area contributed by atoms with Crippen molar-refractivity contribution in [2.75, 3.05) is 0 Å². The number of benzene rings is 3. The maximum absolute atomic E-state index is 11.5. The second kappa shape index (κ2) is 6.96. The number of carbonyl (C=O) groups is 1. The molecule has 3 aromatic carbocycles. The zero-order chi connectivity index (χ0) is 16.9. The number of aliphatic carboxylic acids is 1. The Bertz CT molecular complexity index is 880. The summed E-state index contributed by atoms with van der Waals surface area (Å²) < 4.78 is 0. The standard InChI is InChI=1S/C20H17NO3/c22-17-10-8-14(9-11-17)12-19(20(23)24)21-13-16-6-3-5-15-4-1-2-7-18(15)16/h1-11,13,19,22H,12H2,(H,23,24)/t19-/m1/s1. The van der Waals surface area contributed by atoms with E-state index in [0.29, 0.717) is 0 Å². The summed E-state index contributed by atoms with van der Waals surface area (Å²) in [7, 11) is 0. The van der Waals surface area contributed by atoms with E-state index in [-0.39, 0.29) is 12.2 Å². The molecule has 0 saturated heterocycles. The van der Waals surface area contributed by atoms with E-state index in [1.807, 2.05) is 42.5 Å². The van der Waals surface area contributed by atoms with Crippen molar-refractivity contribution in [1.29, 1.82) is 0 Å². The lowest BCUT2D eigenvalue weighted by molar-refractivity contribution is -0.138. The molecule has 1 atom stereocenters. The molecule has 120 valence electrons. The summed E-state index contributed by atoms with van der Waals surface area (Å²) in [5.74, 6) is -0.815. The van der Waals surface area contributed by atoms with Crippen LogP contribution in [0, 0.1) is 0 Å². The van der Waals surface area contributed by atoms with Crippen LogP contribution in [0.2, 0.25) is 0 Å². The van der Waals surface area contributed by atoms with Crippen molar-refractivity contribution in [3.63, 3.8) is 0 Å². The van der Waals surface area contributed by atoms with Crippen LogP contribution < -0.4 is 0 Å². The summed E-state index contributed by atoms with van der Waals surface area (Å²) in [6, 6.07) is 19.4. The fraction of sp³-hybridized carbons (Fsp3) is 0.100. The predicted molar refractivity (Wildman–Crippen MR) is 94.8 cm³/mol. The molecule has 3 aromatic rings. The molecule has 0 spiro atoms. The first-order chi connectivity index (χ1) is 11.6. The summed E-state index contributed by atoms with van der Waals surface area (Å²) in [5.41, 5.74) is 1.71. The Morgan fingerprint density at radius 3 is 2.46 bits per heavy atom. The first-order valence-electron chi connectivity index (χ1n) is 7.65. The minimum atomic E-state index is -0.973. The molecule has 0 heterocycles. The van der Waals surface area contributed by atoms with Crippen molar-refractivity contribution in [1.82, 2.24) is 0 Å². The second-order valence-electron chi connectivity index (χ2n) is 5.57. The second-order valence-corrected chi connectivity index (χ2v) is 5.57.